The Morgan fingerprint density at radius 3 is 1.77 bits per heavy atom. The van der Waals surface area contributed by atoms with Gasteiger partial charge in [0.1, 0.15) is 17.4 Å². The van der Waals surface area contributed by atoms with Gasteiger partial charge in [-0.15, -0.1) is 0 Å². The smallest absolute Gasteiger partial charge is 0.151 e. The first-order chi connectivity index (χ1) is 21.1. The average Bonchev–Trinajstić information content (AvgIpc) is 3.27. The summed E-state index contributed by atoms with van der Waals surface area (Å²) >= 11 is 0. The number of benzene rings is 3. The van der Waals surface area contributed by atoms with E-state index in [1.54, 1.807) is 0 Å². The van der Waals surface area contributed by atoms with Crippen molar-refractivity contribution in [1.29, 1.82) is 0 Å². The Balaban J connectivity index is 1.17. The van der Waals surface area contributed by atoms with Gasteiger partial charge < -0.3 is 9.47 Å². The van der Waals surface area contributed by atoms with Gasteiger partial charge in [0.25, 0.3) is 0 Å². The summed E-state index contributed by atoms with van der Waals surface area (Å²) in [6, 6.07) is 29.0. The largest absolute Gasteiger partial charge is 0.453 e. The number of hydrogen-bond acceptors (Lipinski definition) is 6. The number of aromatic nitrogens is 2. The molecule has 208 valence electrons. The van der Waals surface area contributed by atoms with E-state index in [9.17, 15) is 0 Å². The maximum absolute atomic E-state index is 6.29. The number of ether oxygens (including phenoxy) is 2. The Morgan fingerprint density at radius 2 is 1.16 bits per heavy atom. The molecule has 6 heteroatoms. The molecule has 6 nitrogen and oxygen atoms in total. The third kappa shape index (κ3) is 3.47. The quantitative estimate of drug-likeness (QED) is 0.210. The highest BCUT2D eigenvalue weighted by Crippen LogP contribution is 2.54. The highest BCUT2D eigenvalue weighted by molar-refractivity contribution is 5.88. The van der Waals surface area contributed by atoms with E-state index < -0.39 is 0 Å². The van der Waals surface area contributed by atoms with E-state index in [1.165, 1.54) is 11.1 Å². The molecule has 3 aromatic carbocycles. The summed E-state index contributed by atoms with van der Waals surface area (Å²) in [5.41, 5.74) is 8.58. The molecule has 9 rings (SSSR count). The van der Waals surface area contributed by atoms with Crippen LogP contribution >= 0.6 is 0 Å². The fourth-order valence-corrected chi connectivity index (χ4v) is 6.89. The average molecular weight is 561 g/mol. The van der Waals surface area contributed by atoms with Gasteiger partial charge >= 0.3 is 0 Å². The van der Waals surface area contributed by atoms with Crippen LogP contribution in [0.5, 0.6) is 17.2 Å². The molecular formula is C37H28N4O2. The van der Waals surface area contributed by atoms with Crippen LogP contribution in [-0.2, 0) is 5.41 Å². The predicted molar refractivity (Wildman–Crippen MR) is 169 cm³/mol. The molecule has 5 aromatic rings. The topological polar surface area (TPSA) is 50.7 Å². The standard InChI is InChI=1S/C37H28N4O2/c1-37(2)25-19-35(40-27-11-3-7-15-31(27)42-32-16-8-4-12-28(32)40)38-21-23(25)24-22-39-36(20-26(24)37)41-29-13-5-9-17-33(29)43-34-18-10-6-14-30(34)41/h3-5,7-13,15-22H,6,14H2,1-2H3. The Bertz CT molecular complexity index is 2000. The summed E-state index contributed by atoms with van der Waals surface area (Å²) in [7, 11) is 0. The van der Waals surface area contributed by atoms with Gasteiger partial charge in [0, 0.05) is 28.9 Å². The van der Waals surface area contributed by atoms with Gasteiger partial charge in [0.05, 0.1) is 22.8 Å². The van der Waals surface area contributed by atoms with Crippen LogP contribution in [0.4, 0.5) is 28.7 Å². The lowest BCUT2D eigenvalue weighted by molar-refractivity contribution is 0.420. The summed E-state index contributed by atoms with van der Waals surface area (Å²) in [6.07, 6.45) is 10.2. The number of nitrogens with zero attached hydrogens (tertiary/aromatic N) is 4. The molecule has 43 heavy (non-hydrogen) atoms. The van der Waals surface area contributed by atoms with Crippen LogP contribution in [0.15, 0.2) is 121 Å². The molecule has 2 aromatic heterocycles. The lowest BCUT2D eigenvalue weighted by Gasteiger charge is -2.35. The molecule has 0 atom stereocenters. The molecule has 0 amide bonds. The van der Waals surface area contributed by atoms with E-state index in [2.05, 4.69) is 72.2 Å². The number of fused-ring (bicyclic) bond motifs is 6. The van der Waals surface area contributed by atoms with Gasteiger partial charge in [-0.1, -0.05) is 56.3 Å². The Morgan fingerprint density at radius 1 is 0.651 bits per heavy atom. The van der Waals surface area contributed by atoms with Crippen LogP contribution in [0.3, 0.4) is 0 Å². The van der Waals surface area contributed by atoms with Crippen molar-refractivity contribution in [2.24, 2.45) is 0 Å². The van der Waals surface area contributed by atoms with Crippen molar-refractivity contribution in [3.05, 3.63) is 132 Å². The molecule has 0 saturated carbocycles. The number of hydrogen-bond donors (Lipinski definition) is 0. The molecule has 0 spiro atoms. The summed E-state index contributed by atoms with van der Waals surface area (Å²) in [4.78, 5) is 14.6. The number of para-hydroxylation sites is 6. The van der Waals surface area contributed by atoms with Crippen molar-refractivity contribution in [2.75, 3.05) is 9.80 Å². The highest BCUT2D eigenvalue weighted by Gasteiger charge is 2.39. The van der Waals surface area contributed by atoms with E-state index >= 15 is 0 Å². The van der Waals surface area contributed by atoms with Crippen molar-refractivity contribution in [2.45, 2.75) is 32.1 Å². The molecule has 0 radical (unpaired) electrons. The summed E-state index contributed by atoms with van der Waals surface area (Å²) in [5, 5.41) is 0. The first kappa shape index (κ1) is 24.3. The third-order valence-corrected chi connectivity index (χ3v) is 9.00. The summed E-state index contributed by atoms with van der Waals surface area (Å²) < 4.78 is 12.5. The molecule has 0 bridgehead atoms. The van der Waals surface area contributed by atoms with E-state index in [0.29, 0.717) is 0 Å². The Hall–Kier alpha value is -5.36. The first-order valence-corrected chi connectivity index (χ1v) is 14.7. The molecule has 2 aliphatic carbocycles. The SMILES string of the molecule is CC1(C)c2cc(N3C4=C(C=CCC4)Oc4ccccc43)ncc2-c2cnc(N3c4ccccc4Oc4ccccc43)cc21. The first-order valence-electron chi connectivity index (χ1n) is 14.7. The van der Waals surface area contributed by atoms with Crippen LogP contribution < -0.4 is 19.3 Å². The van der Waals surface area contributed by atoms with Gasteiger partial charge in [-0.25, -0.2) is 9.97 Å². The zero-order valence-electron chi connectivity index (χ0n) is 23.9. The van der Waals surface area contributed by atoms with Crippen molar-refractivity contribution >= 4 is 28.7 Å². The van der Waals surface area contributed by atoms with Gasteiger partial charge in [-0.05, 0) is 78.6 Å². The highest BCUT2D eigenvalue weighted by atomic mass is 16.5. The molecule has 0 fully saturated rings. The van der Waals surface area contributed by atoms with Gasteiger partial charge in [0.2, 0.25) is 0 Å². The van der Waals surface area contributed by atoms with Crippen molar-refractivity contribution < 1.29 is 9.47 Å². The zero-order valence-corrected chi connectivity index (χ0v) is 23.9. The predicted octanol–water partition coefficient (Wildman–Crippen LogP) is 9.45. The third-order valence-electron chi connectivity index (χ3n) is 9.00. The second-order valence-electron chi connectivity index (χ2n) is 11.8. The monoisotopic (exact) mass is 560 g/mol. The number of pyridine rings is 2. The normalized spacial score (nSPS) is 16.7. The van der Waals surface area contributed by atoms with Crippen LogP contribution in [0.1, 0.15) is 37.8 Å². The van der Waals surface area contributed by atoms with Crippen molar-refractivity contribution in [3.8, 4) is 28.4 Å². The van der Waals surface area contributed by atoms with E-state index in [4.69, 9.17) is 19.4 Å². The van der Waals surface area contributed by atoms with Crippen molar-refractivity contribution in [3.63, 3.8) is 0 Å². The summed E-state index contributed by atoms with van der Waals surface area (Å²) in [5.74, 6) is 5.14. The lowest BCUT2D eigenvalue weighted by Crippen LogP contribution is -2.26. The molecule has 4 heterocycles. The van der Waals surface area contributed by atoms with Crippen LogP contribution in [0, 0.1) is 0 Å². The molecule has 0 unspecified atom stereocenters. The molecule has 0 saturated heterocycles. The van der Waals surface area contributed by atoms with E-state index in [0.717, 1.165) is 81.4 Å². The van der Waals surface area contributed by atoms with Crippen molar-refractivity contribution in [1.82, 2.24) is 9.97 Å². The summed E-state index contributed by atoms with van der Waals surface area (Å²) in [6.45, 7) is 4.60. The molecule has 0 N–H and O–H groups in total. The molecule has 4 aliphatic rings. The Kier molecular flexibility index (Phi) is 4.98. The van der Waals surface area contributed by atoms with Gasteiger partial charge in [-0.3, -0.25) is 9.80 Å². The van der Waals surface area contributed by atoms with Gasteiger partial charge in [-0.2, -0.15) is 0 Å². The maximum Gasteiger partial charge on any atom is 0.151 e. The minimum absolute atomic E-state index is 0.263. The second kappa shape index (κ2) is 8.82. The van der Waals surface area contributed by atoms with Crippen LogP contribution in [0.2, 0.25) is 0 Å². The van der Waals surface area contributed by atoms with Gasteiger partial charge in [0.15, 0.2) is 17.2 Å². The molecule has 2 aliphatic heterocycles. The number of rotatable bonds is 2. The molecular weight excluding hydrogens is 532 g/mol. The van der Waals surface area contributed by atoms with Crippen LogP contribution in [0.25, 0.3) is 11.1 Å². The number of allylic oxidation sites excluding steroid dienone is 3. The fourth-order valence-electron chi connectivity index (χ4n) is 6.89. The maximum atomic E-state index is 6.29. The van der Waals surface area contributed by atoms with E-state index in [1.807, 2.05) is 60.9 Å². The van der Waals surface area contributed by atoms with E-state index in [-0.39, 0.29) is 5.41 Å². The zero-order chi connectivity index (χ0) is 28.7. The minimum Gasteiger partial charge on any atom is -0.453 e. The second-order valence-corrected chi connectivity index (χ2v) is 11.8. The number of anilines is 5. The minimum atomic E-state index is -0.263. The lowest BCUT2D eigenvalue weighted by atomic mass is 9.82. The Labute approximate surface area is 250 Å². The van der Waals surface area contributed by atoms with Crippen LogP contribution in [-0.4, -0.2) is 9.97 Å². The fraction of sp³-hybridized carbons (Fsp3) is 0.135.